The molecule has 3 aromatic carbocycles. The highest BCUT2D eigenvalue weighted by molar-refractivity contribution is 5.99. The lowest BCUT2D eigenvalue weighted by Crippen LogP contribution is -2.59. The van der Waals surface area contributed by atoms with E-state index in [4.69, 9.17) is 4.74 Å². The molecule has 0 spiro atoms. The number of hydrogen-bond acceptors (Lipinski definition) is 6. The van der Waals surface area contributed by atoms with Crippen molar-refractivity contribution < 1.29 is 29.0 Å². The minimum Gasteiger partial charge on any atom is -0.479 e. The first-order valence-electron chi connectivity index (χ1n) is 14.1. The largest absolute Gasteiger partial charge is 0.479 e. The molecule has 0 aliphatic rings. The number of nitrogens with zero attached hydrogens (tertiary/aromatic N) is 2. The molecule has 3 amide bonds. The summed E-state index contributed by atoms with van der Waals surface area (Å²) in [5, 5.41) is 19.9. The van der Waals surface area contributed by atoms with Gasteiger partial charge in [0.15, 0.2) is 11.9 Å². The molecule has 0 unspecified atom stereocenters. The van der Waals surface area contributed by atoms with E-state index in [1.54, 1.807) is 51.1 Å². The van der Waals surface area contributed by atoms with Crippen LogP contribution in [0.3, 0.4) is 0 Å². The summed E-state index contributed by atoms with van der Waals surface area (Å²) in [7, 11) is 0. The van der Waals surface area contributed by atoms with Crippen LogP contribution in [0.15, 0.2) is 85.3 Å². The zero-order valence-electron chi connectivity index (χ0n) is 25.3. The number of carboxylic acid groups (broad SMARTS) is 1. The van der Waals surface area contributed by atoms with Crippen LogP contribution in [0.25, 0.3) is 10.8 Å². The molecular formula is C33H37N5O6. The summed E-state index contributed by atoms with van der Waals surface area (Å²) in [4.78, 5) is 55.7. The molecule has 1 heterocycles. The van der Waals surface area contributed by atoms with Gasteiger partial charge in [-0.3, -0.25) is 9.59 Å². The molecule has 0 radical (unpaired) electrons. The molecule has 4 N–H and O–H groups in total. The summed E-state index contributed by atoms with van der Waals surface area (Å²) in [5.41, 5.74) is -0.853. The second-order valence-corrected chi connectivity index (χ2v) is 12.0. The van der Waals surface area contributed by atoms with Gasteiger partial charge in [0.25, 0.3) is 0 Å². The third kappa shape index (κ3) is 8.21. The van der Waals surface area contributed by atoms with E-state index in [0.29, 0.717) is 5.56 Å². The van der Waals surface area contributed by atoms with Crippen LogP contribution in [0.5, 0.6) is 0 Å². The van der Waals surface area contributed by atoms with Gasteiger partial charge in [-0.1, -0.05) is 72.8 Å². The zero-order valence-corrected chi connectivity index (χ0v) is 25.3. The minimum absolute atomic E-state index is 0.112. The number of rotatable bonds is 10. The van der Waals surface area contributed by atoms with Crippen LogP contribution in [0.4, 0.5) is 10.6 Å². The van der Waals surface area contributed by atoms with Crippen LogP contribution < -0.4 is 16.0 Å². The normalized spacial score (nSPS) is 13.0. The van der Waals surface area contributed by atoms with Gasteiger partial charge in [-0.05, 0) is 56.5 Å². The highest BCUT2D eigenvalue weighted by Gasteiger charge is 2.35. The number of fused-ring (bicyclic) bond motifs is 1. The number of aliphatic carboxylic acids is 1. The number of carbonyl (C=O) groups excluding carboxylic acids is 3. The average molecular weight is 600 g/mol. The molecule has 44 heavy (non-hydrogen) atoms. The second kappa shape index (κ2) is 13.0. The van der Waals surface area contributed by atoms with Crippen molar-refractivity contribution in [1.82, 2.24) is 20.2 Å². The van der Waals surface area contributed by atoms with Gasteiger partial charge in [-0.2, -0.15) is 0 Å². The number of anilines is 1. The first kappa shape index (κ1) is 31.7. The Balaban J connectivity index is 1.56. The van der Waals surface area contributed by atoms with Gasteiger partial charge < -0.3 is 30.4 Å². The summed E-state index contributed by atoms with van der Waals surface area (Å²) in [6, 6.07) is 20.1. The number of imidazole rings is 1. The fraction of sp³-hybridized carbons (Fsp3) is 0.303. The Morgan fingerprint density at radius 3 is 2.23 bits per heavy atom. The number of ether oxygens (including phenoxy) is 1. The van der Waals surface area contributed by atoms with Crippen molar-refractivity contribution in [2.75, 3.05) is 5.32 Å². The van der Waals surface area contributed by atoms with Crippen molar-refractivity contribution >= 4 is 40.5 Å². The molecule has 0 saturated carbocycles. The lowest BCUT2D eigenvalue weighted by molar-refractivity contribution is -0.139. The Bertz CT molecular complexity index is 1660. The molecule has 0 bridgehead atoms. The number of benzene rings is 3. The minimum atomic E-state index is -1.42. The molecule has 4 aromatic rings. The molecule has 0 fully saturated rings. The molecule has 11 heteroatoms. The standard InChI is InChI=1S/C33H37N5O6/c1-32(2,3)44-31(43)37-33(4,5)30(42)35-25(18-21-15-16-22-11-9-10-14-24(22)17-21)28(39)36-26-19-38(20-34-26)27(29(40)41)23-12-7-6-8-13-23/h6-17,19-20,25,27H,18H2,1-5H3,(H,35,42)(H,36,39)(H,37,43)(H,40,41)/t25-,27-/m1/s1. The fourth-order valence-electron chi connectivity index (χ4n) is 4.60. The number of nitrogens with one attached hydrogen (secondary N) is 3. The van der Waals surface area contributed by atoms with Gasteiger partial charge in [-0.15, -0.1) is 0 Å². The van der Waals surface area contributed by atoms with Gasteiger partial charge in [0.05, 0.1) is 6.33 Å². The van der Waals surface area contributed by atoms with Gasteiger partial charge >= 0.3 is 12.1 Å². The number of carbonyl (C=O) groups is 4. The van der Waals surface area contributed by atoms with Crippen LogP contribution in [0.1, 0.15) is 51.8 Å². The zero-order chi connectivity index (χ0) is 32.1. The SMILES string of the molecule is CC(C)(C)OC(=O)NC(C)(C)C(=O)N[C@H](Cc1ccc2ccccc2c1)C(=O)Nc1cn([C@@H](C(=O)O)c2ccccc2)cn1. The highest BCUT2D eigenvalue weighted by Crippen LogP contribution is 2.21. The third-order valence-electron chi connectivity index (χ3n) is 6.76. The quantitative estimate of drug-likeness (QED) is 0.207. The van der Waals surface area contributed by atoms with E-state index in [0.717, 1.165) is 16.3 Å². The monoisotopic (exact) mass is 599 g/mol. The smallest absolute Gasteiger partial charge is 0.408 e. The third-order valence-corrected chi connectivity index (χ3v) is 6.76. The summed E-state index contributed by atoms with van der Waals surface area (Å²) in [6.45, 7) is 8.15. The molecule has 0 aliphatic carbocycles. The highest BCUT2D eigenvalue weighted by atomic mass is 16.6. The molecule has 4 rings (SSSR count). The summed E-state index contributed by atoms with van der Waals surface area (Å²) in [6.07, 6.45) is 2.11. The van der Waals surface area contributed by atoms with Crippen LogP contribution in [0, 0.1) is 0 Å². The van der Waals surface area contributed by atoms with Crippen molar-refractivity contribution in [1.29, 1.82) is 0 Å². The molecule has 230 valence electrons. The van der Waals surface area contributed by atoms with Crippen molar-refractivity contribution in [3.05, 3.63) is 96.4 Å². The van der Waals surface area contributed by atoms with Gasteiger partial charge in [0.1, 0.15) is 17.2 Å². The molecule has 0 aliphatic heterocycles. The maximum absolute atomic E-state index is 13.6. The molecule has 0 saturated heterocycles. The maximum Gasteiger partial charge on any atom is 0.408 e. The lowest BCUT2D eigenvalue weighted by Gasteiger charge is -2.29. The fourth-order valence-corrected chi connectivity index (χ4v) is 4.60. The van der Waals surface area contributed by atoms with Crippen LogP contribution in [-0.2, 0) is 25.5 Å². The van der Waals surface area contributed by atoms with Crippen LogP contribution in [-0.4, -0.2) is 55.7 Å². The first-order chi connectivity index (χ1) is 20.7. The van der Waals surface area contributed by atoms with Crippen molar-refractivity contribution in [2.45, 2.75) is 64.3 Å². The van der Waals surface area contributed by atoms with E-state index < -0.39 is 47.1 Å². The van der Waals surface area contributed by atoms with Crippen LogP contribution >= 0.6 is 0 Å². The topological polar surface area (TPSA) is 152 Å². The Kier molecular flexibility index (Phi) is 9.37. The Morgan fingerprint density at radius 2 is 1.57 bits per heavy atom. The molecule has 2 atom stereocenters. The summed E-state index contributed by atoms with van der Waals surface area (Å²) >= 11 is 0. The van der Waals surface area contributed by atoms with E-state index in [2.05, 4.69) is 20.9 Å². The van der Waals surface area contributed by atoms with E-state index in [1.807, 2.05) is 42.5 Å². The van der Waals surface area contributed by atoms with Crippen molar-refractivity contribution in [2.24, 2.45) is 0 Å². The predicted octanol–water partition coefficient (Wildman–Crippen LogP) is 4.68. The van der Waals surface area contributed by atoms with E-state index in [1.165, 1.54) is 30.9 Å². The van der Waals surface area contributed by atoms with E-state index >= 15 is 0 Å². The van der Waals surface area contributed by atoms with Crippen LogP contribution in [0.2, 0.25) is 0 Å². The Labute approximate surface area is 255 Å². The van der Waals surface area contributed by atoms with Gasteiger partial charge in [0.2, 0.25) is 11.8 Å². The number of hydrogen-bond donors (Lipinski definition) is 4. The van der Waals surface area contributed by atoms with Gasteiger partial charge in [0, 0.05) is 12.6 Å². The van der Waals surface area contributed by atoms with Crippen molar-refractivity contribution in [3.8, 4) is 0 Å². The van der Waals surface area contributed by atoms with E-state index in [9.17, 15) is 24.3 Å². The Hall–Kier alpha value is -5.19. The van der Waals surface area contributed by atoms with Crippen molar-refractivity contribution in [3.63, 3.8) is 0 Å². The van der Waals surface area contributed by atoms with Gasteiger partial charge in [-0.25, -0.2) is 14.6 Å². The average Bonchev–Trinajstić information content (AvgIpc) is 3.39. The number of carboxylic acids is 1. The number of alkyl carbamates (subject to hydrolysis) is 1. The second-order valence-electron chi connectivity index (χ2n) is 12.0. The number of amides is 3. The number of aromatic nitrogens is 2. The summed E-state index contributed by atoms with van der Waals surface area (Å²) < 4.78 is 6.69. The van der Waals surface area contributed by atoms with E-state index in [-0.39, 0.29) is 12.2 Å². The summed E-state index contributed by atoms with van der Waals surface area (Å²) in [5.74, 6) is -2.16. The lowest BCUT2D eigenvalue weighted by atomic mass is 9.99. The molecule has 1 aromatic heterocycles. The first-order valence-corrected chi connectivity index (χ1v) is 14.1. The molecule has 11 nitrogen and oxygen atoms in total. The maximum atomic E-state index is 13.6. The predicted molar refractivity (Wildman–Crippen MR) is 166 cm³/mol. The Morgan fingerprint density at radius 1 is 0.909 bits per heavy atom. The molecular weight excluding hydrogens is 562 g/mol.